The van der Waals surface area contributed by atoms with E-state index in [1.54, 1.807) is 13.0 Å². The first-order valence-electron chi connectivity index (χ1n) is 7.88. The summed E-state index contributed by atoms with van der Waals surface area (Å²) in [5.74, 6) is -0.0430. The maximum Gasteiger partial charge on any atom is 0.261 e. The summed E-state index contributed by atoms with van der Waals surface area (Å²) in [6, 6.07) is 11.0. The molecule has 0 radical (unpaired) electrons. The average Bonchev–Trinajstić information content (AvgIpc) is 3.02. The standard InChI is InChI=1S/C18H16FN3O4S/c1-11-9-15(7-8-16(11)19)27(24,25)22-14-5-3-13(4-6-14)18(23)20-17-10-12(2)26-21-17/h3-10,22H,1-2H3,(H,20,21,23). The number of nitrogens with one attached hydrogen (secondary N) is 2. The van der Waals surface area contributed by atoms with Crippen molar-refractivity contribution in [3.8, 4) is 0 Å². The van der Waals surface area contributed by atoms with Gasteiger partial charge in [-0.3, -0.25) is 9.52 Å². The van der Waals surface area contributed by atoms with Gasteiger partial charge in [-0.1, -0.05) is 5.16 Å². The predicted octanol–water partition coefficient (Wildman–Crippen LogP) is 3.48. The fourth-order valence-corrected chi connectivity index (χ4v) is 3.45. The van der Waals surface area contributed by atoms with E-state index in [1.165, 1.54) is 43.3 Å². The highest BCUT2D eigenvalue weighted by molar-refractivity contribution is 7.92. The molecule has 3 rings (SSSR count). The van der Waals surface area contributed by atoms with E-state index in [0.29, 0.717) is 11.3 Å². The first kappa shape index (κ1) is 18.6. The Morgan fingerprint density at radius 3 is 2.37 bits per heavy atom. The van der Waals surface area contributed by atoms with Gasteiger partial charge in [0, 0.05) is 17.3 Å². The largest absolute Gasteiger partial charge is 0.360 e. The van der Waals surface area contributed by atoms with Crippen LogP contribution in [0, 0.1) is 19.7 Å². The van der Waals surface area contributed by atoms with E-state index < -0.39 is 21.7 Å². The minimum Gasteiger partial charge on any atom is -0.360 e. The second-order valence-corrected chi connectivity index (χ2v) is 7.55. The molecule has 0 bridgehead atoms. The Labute approximate surface area is 155 Å². The zero-order valence-corrected chi connectivity index (χ0v) is 15.3. The van der Waals surface area contributed by atoms with Crippen molar-refractivity contribution in [3.05, 3.63) is 71.2 Å². The lowest BCUT2D eigenvalue weighted by Gasteiger charge is -2.09. The Kier molecular flexibility index (Phi) is 4.95. The SMILES string of the molecule is Cc1cc(NC(=O)c2ccc(NS(=O)(=O)c3ccc(F)c(C)c3)cc2)no1. The second kappa shape index (κ2) is 7.20. The Morgan fingerprint density at radius 1 is 1.07 bits per heavy atom. The topological polar surface area (TPSA) is 101 Å². The lowest BCUT2D eigenvalue weighted by Crippen LogP contribution is -2.14. The number of rotatable bonds is 5. The van der Waals surface area contributed by atoms with E-state index >= 15 is 0 Å². The summed E-state index contributed by atoms with van der Waals surface area (Å²) in [5, 5.41) is 6.23. The van der Waals surface area contributed by atoms with Gasteiger partial charge in [-0.25, -0.2) is 12.8 Å². The lowest BCUT2D eigenvalue weighted by atomic mass is 10.2. The molecular formula is C18H16FN3O4S. The van der Waals surface area contributed by atoms with Crippen molar-refractivity contribution in [1.29, 1.82) is 0 Å². The number of carbonyl (C=O) groups excluding carboxylic acids is 1. The van der Waals surface area contributed by atoms with E-state index in [0.717, 1.165) is 6.07 Å². The summed E-state index contributed by atoms with van der Waals surface area (Å²) >= 11 is 0. The number of aromatic nitrogens is 1. The average molecular weight is 389 g/mol. The number of hydrogen-bond acceptors (Lipinski definition) is 5. The Balaban J connectivity index is 1.73. The number of halogens is 1. The van der Waals surface area contributed by atoms with Crippen LogP contribution in [0.1, 0.15) is 21.7 Å². The van der Waals surface area contributed by atoms with E-state index in [9.17, 15) is 17.6 Å². The number of anilines is 2. The summed E-state index contributed by atoms with van der Waals surface area (Å²) in [6.07, 6.45) is 0. The van der Waals surface area contributed by atoms with Crippen molar-refractivity contribution in [2.45, 2.75) is 18.7 Å². The molecule has 0 unspecified atom stereocenters. The Hall–Kier alpha value is -3.20. The van der Waals surface area contributed by atoms with E-state index in [1.807, 2.05) is 0 Å². The number of aryl methyl sites for hydroxylation is 2. The Bertz CT molecular complexity index is 1090. The van der Waals surface area contributed by atoms with Gasteiger partial charge in [0.25, 0.3) is 15.9 Å². The third-order valence-corrected chi connectivity index (χ3v) is 5.09. The van der Waals surface area contributed by atoms with Crippen LogP contribution in [0.5, 0.6) is 0 Å². The molecule has 0 aliphatic heterocycles. The third-order valence-electron chi connectivity index (χ3n) is 3.71. The molecule has 3 aromatic rings. The van der Waals surface area contributed by atoms with Crippen LogP contribution in [0.15, 0.2) is 57.9 Å². The molecule has 0 aliphatic carbocycles. The summed E-state index contributed by atoms with van der Waals surface area (Å²) in [5.41, 5.74) is 0.815. The maximum atomic E-state index is 13.3. The minimum atomic E-state index is -3.87. The number of nitrogens with zero attached hydrogens (tertiary/aromatic N) is 1. The molecule has 0 atom stereocenters. The van der Waals surface area contributed by atoms with E-state index in [-0.39, 0.29) is 22.0 Å². The van der Waals surface area contributed by atoms with Gasteiger partial charge >= 0.3 is 0 Å². The molecule has 0 spiro atoms. The molecule has 2 N–H and O–H groups in total. The first-order chi connectivity index (χ1) is 12.7. The highest BCUT2D eigenvalue weighted by atomic mass is 32.2. The van der Waals surface area contributed by atoms with Crippen LogP contribution in [-0.2, 0) is 10.0 Å². The monoisotopic (exact) mass is 389 g/mol. The molecule has 2 aromatic carbocycles. The summed E-state index contributed by atoms with van der Waals surface area (Å²) in [4.78, 5) is 12.1. The highest BCUT2D eigenvalue weighted by Gasteiger charge is 2.16. The van der Waals surface area contributed by atoms with Crippen molar-refractivity contribution in [3.63, 3.8) is 0 Å². The number of hydrogen-bond donors (Lipinski definition) is 2. The van der Waals surface area contributed by atoms with E-state index in [2.05, 4.69) is 15.2 Å². The molecule has 1 heterocycles. The number of carbonyl (C=O) groups is 1. The summed E-state index contributed by atoms with van der Waals surface area (Å²) < 4.78 is 45.4. The van der Waals surface area contributed by atoms with Crippen LogP contribution in [0.4, 0.5) is 15.9 Å². The van der Waals surface area contributed by atoms with Crippen LogP contribution in [0.2, 0.25) is 0 Å². The Morgan fingerprint density at radius 2 is 1.78 bits per heavy atom. The number of sulfonamides is 1. The summed E-state index contributed by atoms with van der Waals surface area (Å²) in [6.45, 7) is 3.18. The number of amides is 1. The highest BCUT2D eigenvalue weighted by Crippen LogP contribution is 2.19. The van der Waals surface area contributed by atoms with Crippen molar-refractivity contribution in [1.82, 2.24) is 5.16 Å². The smallest absolute Gasteiger partial charge is 0.261 e. The fraction of sp³-hybridized carbons (Fsp3) is 0.111. The molecule has 0 saturated carbocycles. The van der Waals surface area contributed by atoms with Gasteiger partial charge < -0.3 is 9.84 Å². The van der Waals surface area contributed by atoms with Crippen molar-refractivity contribution in [2.75, 3.05) is 10.0 Å². The van der Waals surface area contributed by atoms with Crippen molar-refractivity contribution < 1.29 is 22.1 Å². The molecule has 1 amide bonds. The normalized spacial score (nSPS) is 11.2. The predicted molar refractivity (Wildman–Crippen MR) is 97.6 cm³/mol. The summed E-state index contributed by atoms with van der Waals surface area (Å²) in [7, 11) is -3.87. The molecule has 0 saturated heterocycles. The second-order valence-electron chi connectivity index (χ2n) is 5.87. The van der Waals surface area contributed by atoms with Gasteiger partial charge in [0.1, 0.15) is 11.6 Å². The van der Waals surface area contributed by atoms with Crippen LogP contribution >= 0.6 is 0 Å². The molecule has 0 fully saturated rings. The van der Waals surface area contributed by atoms with Gasteiger partial charge in [0.15, 0.2) is 5.82 Å². The minimum absolute atomic E-state index is 0.0513. The van der Waals surface area contributed by atoms with Gasteiger partial charge in [0.2, 0.25) is 0 Å². The van der Waals surface area contributed by atoms with Crippen molar-refractivity contribution in [2.24, 2.45) is 0 Å². The van der Waals surface area contributed by atoms with Gasteiger partial charge in [0.05, 0.1) is 4.90 Å². The molecule has 27 heavy (non-hydrogen) atoms. The van der Waals surface area contributed by atoms with Crippen LogP contribution in [-0.4, -0.2) is 19.5 Å². The molecule has 0 aliphatic rings. The fourth-order valence-electron chi connectivity index (χ4n) is 2.30. The van der Waals surface area contributed by atoms with Crippen molar-refractivity contribution >= 4 is 27.4 Å². The lowest BCUT2D eigenvalue weighted by molar-refractivity contribution is 0.102. The van der Waals surface area contributed by atoms with Crippen LogP contribution in [0.25, 0.3) is 0 Å². The van der Waals surface area contributed by atoms with Gasteiger partial charge in [-0.2, -0.15) is 0 Å². The van der Waals surface area contributed by atoms with Crippen LogP contribution in [0.3, 0.4) is 0 Å². The zero-order valence-electron chi connectivity index (χ0n) is 14.5. The zero-order chi connectivity index (χ0) is 19.6. The van der Waals surface area contributed by atoms with Gasteiger partial charge in [-0.05, 0) is 61.9 Å². The number of benzene rings is 2. The molecule has 9 heteroatoms. The quantitative estimate of drug-likeness (QED) is 0.696. The molecular weight excluding hydrogens is 373 g/mol. The third kappa shape index (κ3) is 4.32. The molecule has 140 valence electrons. The van der Waals surface area contributed by atoms with Gasteiger partial charge in [-0.15, -0.1) is 0 Å². The molecule has 7 nitrogen and oxygen atoms in total. The van der Waals surface area contributed by atoms with Crippen LogP contribution < -0.4 is 10.0 Å². The molecule has 1 aromatic heterocycles. The maximum absolute atomic E-state index is 13.3. The first-order valence-corrected chi connectivity index (χ1v) is 9.36. The van der Waals surface area contributed by atoms with E-state index in [4.69, 9.17) is 4.52 Å².